The van der Waals surface area contributed by atoms with Gasteiger partial charge in [0.05, 0.1) is 0 Å². The number of carbonyl (C=O) groups excluding carboxylic acids is 1. The van der Waals surface area contributed by atoms with Gasteiger partial charge in [0.2, 0.25) is 0 Å². The monoisotopic (exact) mass is 213 g/mol. The van der Waals surface area contributed by atoms with Crippen molar-refractivity contribution in [2.75, 3.05) is 0 Å². The summed E-state index contributed by atoms with van der Waals surface area (Å²) in [6, 6.07) is 11.7. The van der Waals surface area contributed by atoms with Crippen LogP contribution in [-0.2, 0) is 6.42 Å². The topological polar surface area (TPSA) is 32.9 Å². The van der Waals surface area contributed by atoms with Gasteiger partial charge in [-0.15, -0.1) is 0 Å². The first-order valence-corrected chi connectivity index (χ1v) is 5.48. The summed E-state index contributed by atoms with van der Waals surface area (Å²) < 4.78 is 0. The van der Waals surface area contributed by atoms with Crippen molar-refractivity contribution in [2.45, 2.75) is 19.8 Å². The molecule has 0 spiro atoms. The molecule has 0 aliphatic heterocycles. The second-order valence-corrected chi connectivity index (χ2v) is 3.98. The van der Waals surface area contributed by atoms with Crippen molar-refractivity contribution in [3.8, 4) is 0 Å². The van der Waals surface area contributed by atoms with E-state index in [2.05, 4.69) is 4.98 Å². The maximum absolute atomic E-state index is 11.8. The number of rotatable bonds is 4. The summed E-state index contributed by atoms with van der Waals surface area (Å²) in [6.45, 7) is 2.02. The Morgan fingerprint density at radius 2 is 1.94 bits per heavy atom. The Morgan fingerprint density at radius 3 is 2.56 bits per heavy atom. The fourth-order valence-electron chi connectivity index (χ4n) is 1.66. The van der Waals surface area contributed by atoms with E-state index in [1.165, 1.54) is 5.56 Å². The highest BCUT2D eigenvalue weighted by molar-refractivity contribution is 5.96. The first kappa shape index (κ1) is 10.7. The molecule has 0 aliphatic carbocycles. The second-order valence-electron chi connectivity index (χ2n) is 3.98. The number of hydrogen-bond donors (Lipinski definition) is 1. The van der Waals surface area contributed by atoms with Gasteiger partial charge in [-0.25, -0.2) is 0 Å². The Hall–Kier alpha value is -1.83. The minimum Gasteiger partial charge on any atom is -0.365 e. The zero-order valence-corrected chi connectivity index (χ0v) is 9.36. The summed E-state index contributed by atoms with van der Waals surface area (Å²) in [7, 11) is 0. The first-order valence-electron chi connectivity index (χ1n) is 5.48. The fourth-order valence-corrected chi connectivity index (χ4v) is 1.66. The number of aromatic nitrogens is 1. The number of aromatic amines is 1. The van der Waals surface area contributed by atoms with E-state index in [0.717, 1.165) is 17.7 Å². The zero-order valence-electron chi connectivity index (χ0n) is 9.36. The molecule has 1 N–H and O–H groups in total. The van der Waals surface area contributed by atoms with Crippen LogP contribution >= 0.6 is 0 Å². The van der Waals surface area contributed by atoms with Gasteiger partial charge in [0, 0.05) is 23.9 Å². The van der Waals surface area contributed by atoms with E-state index in [-0.39, 0.29) is 5.78 Å². The first-order chi connectivity index (χ1) is 7.75. The molecule has 16 heavy (non-hydrogen) atoms. The molecule has 0 saturated carbocycles. The number of H-pyrrole nitrogens is 1. The Kier molecular flexibility index (Phi) is 3.20. The molecule has 2 aromatic rings. The molecule has 1 heterocycles. The van der Waals surface area contributed by atoms with Gasteiger partial charge in [0.15, 0.2) is 5.78 Å². The number of nitrogens with one attached hydrogen (secondary N) is 1. The van der Waals surface area contributed by atoms with Gasteiger partial charge < -0.3 is 4.98 Å². The molecular formula is C14H15NO. The van der Waals surface area contributed by atoms with Crippen LogP contribution in [0.15, 0.2) is 42.6 Å². The highest BCUT2D eigenvalue weighted by atomic mass is 16.1. The predicted octanol–water partition coefficient (Wildman–Crippen LogP) is 3.14. The van der Waals surface area contributed by atoms with Crippen LogP contribution in [0.4, 0.5) is 0 Å². The predicted molar refractivity (Wildman–Crippen MR) is 64.6 cm³/mol. The van der Waals surface area contributed by atoms with Crippen molar-refractivity contribution in [3.05, 3.63) is 59.4 Å². The van der Waals surface area contributed by atoms with E-state index < -0.39 is 0 Å². The molecule has 0 amide bonds. The summed E-state index contributed by atoms with van der Waals surface area (Å²) in [4.78, 5) is 14.9. The van der Waals surface area contributed by atoms with Crippen molar-refractivity contribution >= 4 is 5.78 Å². The third-order valence-corrected chi connectivity index (χ3v) is 2.66. The number of aryl methyl sites for hydroxylation is 2. The minimum absolute atomic E-state index is 0.203. The summed E-state index contributed by atoms with van der Waals surface area (Å²) in [5.74, 6) is 0.203. The van der Waals surface area contributed by atoms with Crippen LogP contribution in [-0.4, -0.2) is 10.8 Å². The second kappa shape index (κ2) is 4.79. The Labute approximate surface area is 95.3 Å². The van der Waals surface area contributed by atoms with Crippen molar-refractivity contribution < 1.29 is 4.79 Å². The number of ketones is 1. The van der Waals surface area contributed by atoms with Crippen LogP contribution in [0.3, 0.4) is 0 Å². The molecule has 0 radical (unpaired) electrons. The lowest BCUT2D eigenvalue weighted by molar-refractivity contribution is 0.0982. The van der Waals surface area contributed by atoms with Crippen LogP contribution in [0.1, 0.15) is 28.0 Å². The van der Waals surface area contributed by atoms with Gasteiger partial charge in [0.1, 0.15) is 0 Å². The zero-order chi connectivity index (χ0) is 11.4. The molecule has 2 rings (SSSR count). The largest absolute Gasteiger partial charge is 0.365 e. The van der Waals surface area contributed by atoms with E-state index in [0.29, 0.717) is 6.42 Å². The van der Waals surface area contributed by atoms with Crippen LogP contribution in [0.2, 0.25) is 0 Å². The van der Waals surface area contributed by atoms with Crippen molar-refractivity contribution in [2.24, 2.45) is 0 Å². The van der Waals surface area contributed by atoms with Crippen LogP contribution in [0.5, 0.6) is 0 Å². The van der Waals surface area contributed by atoms with Crippen LogP contribution in [0.25, 0.3) is 0 Å². The molecule has 0 bridgehead atoms. The van der Waals surface area contributed by atoms with Crippen molar-refractivity contribution in [1.29, 1.82) is 0 Å². The Bertz CT molecular complexity index is 454. The Balaban J connectivity index is 1.95. The van der Waals surface area contributed by atoms with E-state index in [1.807, 2.05) is 49.5 Å². The third kappa shape index (κ3) is 2.60. The molecule has 0 aliphatic rings. The maximum Gasteiger partial charge on any atom is 0.163 e. The van der Waals surface area contributed by atoms with Gasteiger partial charge >= 0.3 is 0 Å². The molecule has 0 unspecified atom stereocenters. The van der Waals surface area contributed by atoms with Gasteiger partial charge in [-0.3, -0.25) is 4.79 Å². The lowest BCUT2D eigenvalue weighted by atomic mass is 10.0. The van der Waals surface area contributed by atoms with E-state index in [1.54, 1.807) is 0 Å². The summed E-state index contributed by atoms with van der Waals surface area (Å²) in [5.41, 5.74) is 3.10. The van der Waals surface area contributed by atoms with Gasteiger partial charge in [-0.2, -0.15) is 0 Å². The SMILES string of the molecule is Cc1ccc(C(=O)CCc2ccc[nH]2)cc1. The molecular weight excluding hydrogens is 198 g/mol. The Morgan fingerprint density at radius 1 is 1.19 bits per heavy atom. The van der Waals surface area contributed by atoms with Crippen molar-refractivity contribution in [3.63, 3.8) is 0 Å². The average Bonchev–Trinajstić information content (AvgIpc) is 2.80. The lowest BCUT2D eigenvalue weighted by Crippen LogP contribution is -2.01. The number of Topliss-reactive ketones (excluding diaryl/α,β-unsaturated/α-hetero) is 1. The molecule has 0 fully saturated rings. The molecule has 0 saturated heterocycles. The van der Waals surface area contributed by atoms with Gasteiger partial charge in [-0.05, 0) is 25.5 Å². The number of carbonyl (C=O) groups is 1. The molecule has 1 aromatic heterocycles. The fraction of sp³-hybridized carbons (Fsp3) is 0.214. The summed E-state index contributed by atoms with van der Waals surface area (Å²) in [6.07, 6.45) is 3.22. The van der Waals surface area contributed by atoms with Crippen LogP contribution in [0, 0.1) is 6.92 Å². The molecule has 2 heteroatoms. The van der Waals surface area contributed by atoms with E-state index in [4.69, 9.17) is 0 Å². The smallest absolute Gasteiger partial charge is 0.163 e. The average molecular weight is 213 g/mol. The van der Waals surface area contributed by atoms with Crippen molar-refractivity contribution in [1.82, 2.24) is 4.98 Å². The standard InChI is InChI=1S/C14H15NO/c1-11-4-6-12(7-5-11)14(16)9-8-13-3-2-10-15-13/h2-7,10,15H,8-9H2,1H3. The van der Waals surface area contributed by atoms with E-state index in [9.17, 15) is 4.79 Å². The number of benzene rings is 1. The van der Waals surface area contributed by atoms with Gasteiger partial charge in [0.25, 0.3) is 0 Å². The highest BCUT2D eigenvalue weighted by Crippen LogP contribution is 2.08. The van der Waals surface area contributed by atoms with Gasteiger partial charge in [-0.1, -0.05) is 29.8 Å². The highest BCUT2D eigenvalue weighted by Gasteiger charge is 2.05. The van der Waals surface area contributed by atoms with E-state index >= 15 is 0 Å². The molecule has 0 atom stereocenters. The molecule has 82 valence electrons. The quantitative estimate of drug-likeness (QED) is 0.777. The maximum atomic E-state index is 11.8. The summed E-state index contributed by atoms with van der Waals surface area (Å²) >= 11 is 0. The lowest BCUT2D eigenvalue weighted by Gasteiger charge is -2.00. The summed E-state index contributed by atoms with van der Waals surface area (Å²) in [5, 5.41) is 0. The minimum atomic E-state index is 0.203. The third-order valence-electron chi connectivity index (χ3n) is 2.66. The molecule has 1 aromatic carbocycles. The normalized spacial score (nSPS) is 10.3. The van der Waals surface area contributed by atoms with Crippen LogP contribution < -0.4 is 0 Å². The number of hydrogen-bond acceptors (Lipinski definition) is 1. The molecule has 2 nitrogen and oxygen atoms in total.